The molecule has 0 bridgehead atoms. The van der Waals surface area contributed by atoms with Crippen LogP contribution in [0.25, 0.3) is 0 Å². The summed E-state index contributed by atoms with van der Waals surface area (Å²) in [6.07, 6.45) is 8.22. The SMILES string of the molecule is CC(=CCCc1cccc(C(C)C)c1)CCCC=O. The van der Waals surface area contributed by atoms with Gasteiger partial charge in [0.25, 0.3) is 0 Å². The normalized spacial score (nSPS) is 11.9. The summed E-state index contributed by atoms with van der Waals surface area (Å²) in [5.41, 5.74) is 4.24. The smallest absolute Gasteiger partial charge is 0.120 e. The zero-order valence-corrected chi connectivity index (χ0v) is 12.5. The number of rotatable bonds is 8. The number of allylic oxidation sites excluding steroid dienone is 2. The Labute approximate surface area is 117 Å². The highest BCUT2D eigenvalue weighted by Crippen LogP contribution is 2.17. The molecule has 1 nitrogen and oxygen atoms in total. The summed E-state index contributed by atoms with van der Waals surface area (Å²) in [6, 6.07) is 8.89. The molecule has 0 aliphatic heterocycles. The average Bonchev–Trinajstić information content (AvgIpc) is 2.39. The summed E-state index contributed by atoms with van der Waals surface area (Å²) >= 11 is 0. The van der Waals surface area contributed by atoms with Gasteiger partial charge >= 0.3 is 0 Å². The molecule has 1 aromatic rings. The molecule has 0 fully saturated rings. The fourth-order valence-electron chi connectivity index (χ4n) is 2.16. The van der Waals surface area contributed by atoms with Crippen LogP contribution < -0.4 is 0 Å². The number of benzene rings is 1. The van der Waals surface area contributed by atoms with Gasteiger partial charge in [0.05, 0.1) is 0 Å². The highest BCUT2D eigenvalue weighted by molar-refractivity contribution is 5.49. The number of hydrogen-bond acceptors (Lipinski definition) is 1. The van der Waals surface area contributed by atoms with E-state index in [0.717, 1.165) is 32.0 Å². The molecule has 0 heterocycles. The van der Waals surface area contributed by atoms with Crippen molar-refractivity contribution in [3.63, 3.8) is 0 Å². The predicted molar refractivity (Wildman–Crippen MR) is 82.5 cm³/mol. The second kappa shape index (κ2) is 8.68. The summed E-state index contributed by atoms with van der Waals surface area (Å²) in [7, 11) is 0. The molecule has 0 spiro atoms. The third-order valence-corrected chi connectivity index (χ3v) is 3.44. The molecule has 0 N–H and O–H groups in total. The second-order valence-corrected chi connectivity index (χ2v) is 5.55. The van der Waals surface area contributed by atoms with Crippen molar-refractivity contribution in [3.8, 4) is 0 Å². The lowest BCUT2D eigenvalue weighted by atomic mass is 9.98. The van der Waals surface area contributed by atoms with Gasteiger partial charge in [-0.25, -0.2) is 0 Å². The first-order chi connectivity index (χ1) is 9.13. The Balaban J connectivity index is 2.41. The number of carbonyl (C=O) groups is 1. The Morgan fingerprint density at radius 2 is 2.05 bits per heavy atom. The van der Waals surface area contributed by atoms with Gasteiger partial charge in [-0.2, -0.15) is 0 Å². The lowest BCUT2D eigenvalue weighted by Gasteiger charge is -2.07. The molecule has 0 saturated carbocycles. The number of aldehydes is 1. The van der Waals surface area contributed by atoms with Crippen LogP contribution in [-0.2, 0) is 11.2 Å². The van der Waals surface area contributed by atoms with Crippen LogP contribution in [0.1, 0.15) is 63.5 Å². The van der Waals surface area contributed by atoms with Crippen molar-refractivity contribution in [2.75, 3.05) is 0 Å². The lowest BCUT2D eigenvalue weighted by Crippen LogP contribution is -1.90. The first-order valence-corrected chi connectivity index (χ1v) is 7.31. The van der Waals surface area contributed by atoms with E-state index >= 15 is 0 Å². The molecule has 1 aromatic carbocycles. The molecule has 104 valence electrons. The molecular formula is C18H26O. The van der Waals surface area contributed by atoms with E-state index in [1.807, 2.05) is 0 Å². The number of hydrogen-bond donors (Lipinski definition) is 0. The van der Waals surface area contributed by atoms with Gasteiger partial charge in [-0.3, -0.25) is 0 Å². The minimum absolute atomic E-state index is 0.598. The molecule has 0 aromatic heterocycles. The fourth-order valence-corrected chi connectivity index (χ4v) is 2.16. The van der Waals surface area contributed by atoms with Gasteiger partial charge in [0, 0.05) is 6.42 Å². The van der Waals surface area contributed by atoms with Gasteiger partial charge in [0.2, 0.25) is 0 Å². The van der Waals surface area contributed by atoms with Gasteiger partial charge in [-0.1, -0.05) is 49.8 Å². The van der Waals surface area contributed by atoms with Gasteiger partial charge in [0.1, 0.15) is 6.29 Å². The van der Waals surface area contributed by atoms with Crippen LogP contribution in [0.3, 0.4) is 0 Å². The van der Waals surface area contributed by atoms with E-state index in [4.69, 9.17) is 0 Å². The van der Waals surface area contributed by atoms with Crippen LogP contribution in [0.5, 0.6) is 0 Å². The maximum Gasteiger partial charge on any atom is 0.120 e. The van der Waals surface area contributed by atoms with E-state index in [2.05, 4.69) is 51.1 Å². The molecule has 0 amide bonds. The Bertz CT molecular complexity index is 415. The molecule has 1 heteroatoms. The Hall–Kier alpha value is -1.37. The van der Waals surface area contributed by atoms with Gasteiger partial charge in [0.15, 0.2) is 0 Å². The van der Waals surface area contributed by atoms with Crippen molar-refractivity contribution < 1.29 is 4.79 Å². The topological polar surface area (TPSA) is 17.1 Å². The zero-order valence-electron chi connectivity index (χ0n) is 12.5. The van der Waals surface area contributed by atoms with Crippen LogP contribution in [-0.4, -0.2) is 6.29 Å². The summed E-state index contributed by atoms with van der Waals surface area (Å²) in [5.74, 6) is 0.598. The first-order valence-electron chi connectivity index (χ1n) is 7.31. The molecule has 1 rings (SSSR count). The van der Waals surface area contributed by atoms with Crippen molar-refractivity contribution in [1.82, 2.24) is 0 Å². The quantitative estimate of drug-likeness (QED) is 0.362. The molecule has 0 radical (unpaired) electrons. The Morgan fingerprint density at radius 1 is 1.26 bits per heavy atom. The summed E-state index contributed by atoms with van der Waals surface area (Å²) < 4.78 is 0. The maximum absolute atomic E-state index is 10.3. The standard InChI is InChI=1S/C18H26O/c1-15(2)18-12-7-11-17(14-18)10-6-9-16(3)8-4-5-13-19/h7,9,11-15H,4-6,8,10H2,1-3H3. The van der Waals surface area contributed by atoms with E-state index < -0.39 is 0 Å². The van der Waals surface area contributed by atoms with E-state index in [-0.39, 0.29) is 0 Å². The average molecular weight is 258 g/mol. The third kappa shape index (κ3) is 6.37. The minimum atomic E-state index is 0.598. The van der Waals surface area contributed by atoms with Gasteiger partial charge in [-0.15, -0.1) is 0 Å². The molecule has 0 unspecified atom stereocenters. The molecule has 0 aliphatic carbocycles. The number of carbonyl (C=O) groups excluding carboxylic acids is 1. The van der Waals surface area contributed by atoms with Crippen molar-refractivity contribution in [1.29, 1.82) is 0 Å². The molecule has 0 aliphatic rings. The highest BCUT2D eigenvalue weighted by atomic mass is 16.1. The first kappa shape index (κ1) is 15.7. The van der Waals surface area contributed by atoms with Crippen LogP contribution in [0, 0.1) is 0 Å². The van der Waals surface area contributed by atoms with Crippen molar-refractivity contribution in [2.24, 2.45) is 0 Å². The monoisotopic (exact) mass is 258 g/mol. The Morgan fingerprint density at radius 3 is 2.74 bits per heavy atom. The zero-order chi connectivity index (χ0) is 14.1. The van der Waals surface area contributed by atoms with Crippen molar-refractivity contribution in [3.05, 3.63) is 47.0 Å². The van der Waals surface area contributed by atoms with E-state index in [0.29, 0.717) is 12.3 Å². The van der Waals surface area contributed by atoms with Crippen molar-refractivity contribution >= 4 is 6.29 Å². The number of aryl methyl sites for hydroxylation is 1. The van der Waals surface area contributed by atoms with E-state index in [9.17, 15) is 4.79 Å². The summed E-state index contributed by atoms with van der Waals surface area (Å²) in [6.45, 7) is 6.63. The number of unbranched alkanes of at least 4 members (excludes halogenated alkanes) is 1. The largest absolute Gasteiger partial charge is 0.303 e. The van der Waals surface area contributed by atoms with Crippen LogP contribution >= 0.6 is 0 Å². The van der Waals surface area contributed by atoms with Gasteiger partial charge < -0.3 is 4.79 Å². The third-order valence-electron chi connectivity index (χ3n) is 3.44. The summed E-state index contributed by atoms with van der Waals surface area (Å²) in [5, 5.41) is 0. The van der Waals surface area contributed by atoms with Gasteiger partial charge in [-0.05, 0) is 49.7 Å². The predicted octanol–water partition coefficient (Wildman–Crippen LogP) is 5.06. The van der Waals surface area contributed by atoms with E-state index in [1.54, 1.807) is 0 Å². The van der Waals surface area contributed by atoms with Crippen LogP contribution in [0.2, 0.25) is 0 Å². The molecular weight excluding hydrogens is 232 g/mol. The summed E-state index contributed by atoms with van der Waals surface area (Å²) in [4.78, 5) is 10.3. The van der Waals surface area contributed by atoms with E-state index in [1.165, 1.54) is 16.7 Å². The Kier molecular flexibility index (Phi) is 7.17. The maximum atomic E-state index is 10.3. The minimum Gasteiger partial charge on any atom is -0.303 e. The molecule has 0 atom stereocenters. The van der Waals surface area contributed by atoms with Crippen LogP contribution in [0.15, 0.2) is 35.9 Å². The lowest BCUT2D eigenvalue weighted by molar-refractivity contribution is -0.107. The van der Waals surface area contributed by atoms with Crippen LogP contribution in [0.4, 0.5) is 0 Å². The fraction of sp³-hybridized carbons (Fsp3) is 0.500. The van der Waals surface area contributed by atoms with Crippen molar-refractivity contribution in [2.45, 2.75) is 58.8 Å². The molecule has 0 saturated heterocycles. The highest BCUT2D eigenvalue weighted by Gasteiger charge is 2.00. The second-order valence-electron chi connectivity index (χ2n) is 5.55. The molecule has 19 heavy (non-hydrogen) atoms.